The molecule has 6 heteroatoms. The number of hydrogen-bond donors (Lipinski definition) is 0. The van der Waals surface area contributed by atoms with Crippen LogP contribution in [0.5, 0.6) is 0 Å². The highest BCUT2D eigenvalue weighted by atomic mass is 19.1. The molecule has 2 heterocycles. The molecule has 0 N–H and O–H groups in total. The minimum atomic E-state index is -1.13. The largest absolute Gasteiger partial charge is 0.378 e. The number of halogens is 3. The van der Waals surface area contributed by atoms with E-state index in [0.29, 0.717) is 38.2 Å². The van der Waals surface area contributed by atoms with Crippen LogP contribution in [0, 0.1) is 23.4 Å². The van der Waals surface area contributed by atoms with Gasteiger partial charge >= 0.3 is 0 Å². The quantitative estimate of drug-likeness (QED) is 0.785. The van der Waals surface area contributed by atoms with Crippen LogP contribution in [0.15, 0.2) is 12.1 Å². The van der Waals surface area contributed by atoms with Crippen molar-refractivity contribution in [1.82, 2.24) is 4.90 Å². The molecule has 2 unspecified atom stereocenters. The number of fused-ring (bicyclic) bond motifs is 2. The average Bonchev–Trinajstić information content (AvgIpc) is 2.36. The lowest BCUT2D eigenvalue weighted by atomic mass is 9.81. The van der Waals surface area contributed by atoms with E-state index in [2.05, 4.69) is 4.90 Å². The van der Waals surface area contributed by atoms with Crippen molar-refractivity contribution in [3.05, 3.63) is 35.1 Å². The predicted octanol–water partition coefficient (Wildman–Crippen LogP) is 2.40. The molecular formula is C15H16F3NO2. The van der Waals surface area contributed by atoms with Gasteiger partial charge in [0.15, 0.2) is 5.78 Å². The van der Waals surface area contributed by atoms with E-state index >= 15 is 0 Å². The number of likely N-dealkylation sites (N-methyl/N-ethyl adjacent to an activating group) is 1. The normalized spacial score (nSPS) is 29.4. The molecular weight excluding hydrogens is 283 g/mol. The third kappa shape index (κ3) is 2.58. The van der Waals surface area contributed by atoms with Crippen LogP contribution in [0.4, 0.5) is 13.2 Å². The highest BCUT2D eigenvalue weighted by Crippen LogP contribution is 2.33. The molecule has 2 atom stereocenters. The van der Waals surface area contributed by atoms with Crippen LogP contribution in [0.1, 0.15) is 23.2 Å². The summed E-state index contributed by atoms with van der Waals surface area (Å²) in [6, 6.07) is 1.26. The summed E-state index contributed by atoms with van der Waals surface area (Å²) in [5.74, 6) is -4.30. The van der Waals surface area contributed by atoms with Crippen molar-refractivity contribution in [2.24, 2.45) is 5.92 Å². The van der Waals surface area contributed by atoms with Crippen LogP contribution >= 0.6 is 0 Å². The van der Waals surface area contributed by atoms with Gasteiger partial charge in [0.05, 0.1) is 18.8 Å². The number of ether oxygens (including phenoxy) is 1. The van der Waals surface area contributed by atoms with Gasteiger partial charge < -0.3 is 4.74 Å². The fourth-order valence-electron chi connectivity index (χ4n) is 3.29. The van der Waals surface area contributed by atoms with Gasteiger partial charge in [0.2, 0.25) is 0 Å². The van der Waals surface area contributed by atoms with Gasteiger partial charge in [-0.1, -0.05) is 0 Å². The molecule has 2 fully saturated rings. The fraction of sp³-hybridized carbons (Fsp3) is 0.533. The van der Waals surface area contributed by atoms with Gasteiger partial charge in [0, 0.05) is 30.1 Å². The van der Waals surface area contributed by atoms with Crippen molar-refractivity contribution in [3.8, 4) is 0 Å². The van der Waals surface area contributed by atoms with Gasteiger partial charge in [0.25, 0.3) is 0 Å². The lowest BCUT2D eigenvalue weighted by molar-refractivity contribution is -0.0703. The van der Waals surface area contributed by atoms with E-state index in [4.69, 9.17) is 4.74 Å². The Bertz CT molecular complexity index is 541. The smallest absolute Gasteiger partial charge is 0.171 e. The van der Waals surface area contributed by atoms with Gasteiger partial charge in [0.1, 0.15) is 17.5 Å². The molecule has 0 radical (unpaired) electrons. The summed E-state index contributed by atoms with van der Waals surface area (Å²) in [5.41, 5.74) is -0.620. The molecule has 114 valence electrons. The molecule has 2 saturated heterocycles. The van der Waals surface area contributed by atoms with Crippen molar-refractivity contribution in [2.45, 2.75) is 24.9 Å². The third-order valence-corrected chi connectivity index (χ3v) is 4.51. The maximum Gasteiger partial charge on any atom is 0.171 e. The Labute approximate surface area is 120 Å². The zero-order valence-corrected chi connectivity index (χ0v) is 11.6. The first-order valence-electron chi connectivity index (χ1n) is 6.95. The Kier molecular flexibility index (Phi) is 3.75. The molecule has 0 amide bonds. The standard InChI is InChI=1S/C15H16F3NO2/c1-19-10-2-8(3-11(19)7-21-6-10)15(20)14-12(17)4-9(16)5-13(14)18/h4-5,8,10-11H,2-3,6-7H2,1H3. The third-order valence-electron chi connectivity index (χ3n) is 4.51. The van der Waals surface area contributed by atoms with Gasteiger partial charge in [-0.05, 0) is 19.9 Å². The lowest BCUT2D eigenvalue weighted by Crippen LogP contribution is -2.55. The molecule has 3 nitrogen and oxygen atoms in total. The first-order chi connectivity index (χ1) is 9.97. The van der Waals surface area contributed by atoms with Gasteiger partial charge in [-0.2, -0.15) is 0 Å². The lowest BCUT2D eigenvalue weighted by Gasteiger charge is -2.46. The van der Waals surface area contributed by atoms with E-state index in [1.54, 1.807) is 0 Å². The number of nitrogens with zero attached hydrogens (tertiary/aromatic N) is 1. The summed E-state index contributed by atoms with van der Waals surface area (Å²) < 4.78 is 45.9. The molecule has 1 aromatic carbocycles. The average molecular weight is 299 g/mol. The van der Waals surface area contributed by atoms with Gasteiger partial charge in [-0.3, -0.25) is 9.69 Å². The van der Waals surface area contributed by atoms with Crippen molar-refractivity contribution in [1.29, 1.82) is 0 Å². The Morgan fingerprint density at radius 3 is 2.19 bits per heavy atom. The zero-order chi connectivity index (χ0) is 15.1. The van der Waals surface area contributed by atoms with E-state index in [0.717, 1.165) is 0 Å². The molecule has 2 aliphatic heterocycles. The summed E-state index contributed by atoms with van der Waals surface area (Å²) in [7, 11) is 1.97. The SMILES string of the molecule is CN1C2COCC1CC(C(=O)c1c(F)cc(F)cc1F)C2. The monoisotopic (exact) mass is 299 g/mol. The van der Waals surface area contributed by atoms with Crippen LogP contribution in [-0.4, -0.2) is 43.0 Å². The summed E-state index contributed by atoms with van der Waals surface area (Å²) in [6.45, 7) is 1.04. The topological polar surface area (TPSA) is 29.5 Å². The van der Waals surface area contributed by atoms with Crippen molar-refractivity contribution < 1.29 is 22.7 Å². The molecule has 3 rings (SSSR count). The molecule has 2 aliphatic rings. The van der Waals surface area contributed by atoms with Crippen molar-refractivity contribution in [2.75, 3.05) is 20.3 Å². The molecule has 0 aliphatic carbocycles. The summed E-state index contributed by atoms with van der Waals surface area (Å²) in [4.78, 5) is 14.6. The Morgan fingerprint density at radius 1 is 1.14 bits per heavy atom. The molecule has 2 bridgehead atoms. The van der Waals surface area contributed by atoms with E-state index < -0.39 is 34.7 Å². The van der Waals surface area contributed by atoms with Gasteiger partial charge in [-0.15, -0.1) is 0 Å². The number of carbonyl (C=O) groups is 1. The molecule has 0 spiro atoms. The molecule has 21 heavy (non-hydrogen) atoms. The molecule has 1 aromatic rings. The van der Waals surface area contributed by atoms with Crippen LogP contribution in [0.3, 0.4) is 0 Å². The van der Waals surface area contributed by atoms with E-state index in [-0.39, 0.29) is 12.1 Å². The Hall–Kier alpha value is -1.40. The Balaban J connectivity index is 1.86. The van der Waals surface area contributed by atoms with Gasteiger partial charge in [-0.25, -0.2) is 13.2 Å². The molecule has 0 saturated carbocycles. The summed E-state index contributed by atoms with van der Waals surface area (Å²) in [5, 5.41) is 0. The zero-order valence-electron chi connectivity index (χ0n) is 11.6. The van der Waals surface area contributed by atoms with Crippen LogP contribution < -0.4 is 0 Å². The number of ketones is 1. The predicted molar refractivity (Wildman–Crippen MR) is 69.5 cm³/mol. The highest BCUT2D eigenvalue weighted by Gasteiger charge is 2.40. The number of morpholine rings is 1. The van der Waals surface area contributed by atoms with Crippen molar-refractivity contribution in [3.63, 3.8) is 0 Å². The number of hydrogen-bond acceptors (Lipinski definition) is 3. The van der Waals surface area contributed by atoms with Crippen molar-refractivity contribution >= 4 is 5.78 Å². The maximum atomic E-state index is 13.7. The Morgan fingerprint density at radius 2 is 1.67 bits per heavy atom. The first-order valence-corrected chi connectivity index (χ1v) is 6.95. The number of rotatable bonds is 2. The second kappa shape index (κ2) is 5.42. The summed E-state index contributed by atoms with van der Waals surface area (Å²) in [6.07, 6.45) is 1.00. The summed E-state index contributed by atoms with van der Waals surface area (Å²) >= 11 is 0. The van der Waals surface area contributed by atoms with Crippen LogP contribution in [-0.2, 0) is 4.74 Å². The minimum absolute atomic E-state index is 0.0815. The maximum absolute atomic E-state index is 13.7. The van der Waals surface area contributed by atoms with E-state index in [9.17, 15) is 18.0 Å². The van der Waals surface area contributed by atoms with Crippen LogP contribution in [0.25, 0.3) is 0 Å². The second-order valence-corrected chi connectivity index (χ2v) is 5.79. The second-order valence-electron chi connectivity index (χ2n) is 5.79. The minimum Gasteiger partial charge on any atom is -0.378 e. The number of piperidine rings is 1. The first kappa shape index (κ1) is 14.5. The van der Waals surface area contributed by atoms with E-state index in [1.165, 1.54) is 0 Å². The number of benzene rings is 1. The van der Waals surface area contributed by atoms with Crippen LogP contribution in [0.2, 0.25) is 0 Å². The fourth-order valence-corrected chi connectivity index (χ4v) is 3.29. The number of carbonyl (C=O) groups excluding carboxylic acids is 1. The van der Waals surface area contributed by atoms with E-state index in [1.807, 2.05) is 7.05 Å². The number of Topliss-reactive ketones (excluding diaryl/α,β-unsaturated/α-hetero) is 1. The highest BCUT2D eigenvalue weighted by molar-refractivity contribution is 5.98. The molecule has 0 aromatic heterocycles.